The third-order valence-corrected chi connectivity index (χ3v) is 22.9. The molecule has 8 rings (SSSR count). The van der Waals surface area contributed by atoms with E-state index < -0.39 is 0 Å². The molecule has 0 spiro atoms. The van der Waals surface area contributed by atoms with E-state index >= 15 is 0 Å². The van der Waals surface area contributed by atoms with Crippen molar-refractivity contribution < 1.29 is 38.3 Å². The molecule has 0 unspecified atom stereocenters. The molecule has 0 saturated carbocycles. The third kappa shape index (κ3) is 25.6. The zero-order chi connectivity index (χ0) is 73.6. The number of hydrogen-bond acceptors (Lipinski definition) is 0. The maximum atomic E-state index is 12.5. The molecule has 0 N–H and O–H groups in total. The minimum atomic E-state index is 0.914. The molecule has 6 aromatic rings. The monoisotopic (exact) mass is 1450 g/mol. The Hall–Kier alpha value is -5.53. The number of nitrogens with zero attached hydrogens (tertiary/aromatic N) is 4. The third-order valence-electron chi connectivity index (χ3n) is 20.3. The molecule has 2 aliphatic rings. The Bertz CT molecular complexity index is 3500. The molecule has 0 aliphatic carbocycles. The predicted molar refractivity (Wildman–Crippen MR) is 437 cm³/mol. The van der Waals surface area contributed by atoms with Crippen molar-refractivity contribution in [3.63, 3.8) is 0 Å². The summed E-state index contributed by atoms with van der Waals surface area (Å²) in [6.45, 7) is 40.5. The maximum absolute atomic E-state index is 12.5. The molecule has 0 aromatic heterocycles. The van der Waals surface area contributed by atoms with E-state index in [1.807, 2.05) is 26.6 Å². The van der Waals surface area contributed by atoms with Gasteiger partial charge >= 0.3 is 149 Å². The van der Waals surface area contributed by atoms with Crippen LogP contribution in [-0.2, 0) is 67.4 Å². The van der Waals surface area contributed by atoms with Crippen LogP contribution < -0.4 is 9.07 Å². The topological polar surface area (TPSA) is 50.6 Å². The molecule has 0 bridgehead atoms. The van der Waals surface area contributed by atoms with Crippen LogP contribution >= 0.6 is 0 Å². The summed E-state index contributed by atoms with van der Waals surface area (Å²) in [5.41, 5.74) is 55.3. The van der Waals surface area contributed by atoms with Gasteiger partial charge in [-0.25, -0.2) is 9.39 Å². The van der Waals surface area contributed by atoms with E-state index in [0.29, 0.717) is 0 Å². The van der Waals surface area contributed by atoms with E-state index in [9.17, 15) is 11.1 Å². The second kappa shape index (κ2) is 47.7. The van der Waals surface area contributed by atoms with Crippen molar-refractivity contribution in [2.75, 3.05) is 0 Å². The molecule has 101 heavy (non-hydrogen) atoms. The molecule has 2 aliphatic heterocycles. The van der Waals surface area contributed by atoms with E-state index in [4.69, 9.17) is 0 Å². The standard InChI is InChI=1S/C43H66N2.C32H44N2.2C6H5.2C4H9.2Ni/c1-9-17-19-27-41-40(26-18-10-2)42(36-28-32(20-11-3)38(24-15-7)33(29-36)21-12-4)45(44)43(41)37-30-34(22-13-5)39(25-16-8)35(31-37)23-14-6;1-9-11-12-13-14-15-16-30-29(10-2)31(27-17-21(3)25(7)22(4)18-27)34(33)32(30)28-19-23(5)26(8)24(6)20-28;2*1-2-4-6-5-3-1;2*1-3-4-2;;/h28-31H,9-27H2,1-8H3;17-20H,9-16H2,1-8H3;2*1-5H;2*1,3-4H2,2H3;;. The van der Waals surface area contributed by atoms with E-state index in [1.165, 1.54) is 210 Å². The minimum absolute atomic E-state index is 0.914. The van der Waals surface area contributed by atoms with Crippen LogP contribution in [0.4, 0.5) is 0 Å². The van der Waals surface area contributed by atoms with Crippen molar-refractivity contribution in [2.24, 2.45) is 0 Å². The first-order valence-electron chi connectivity index (χ1n) is 40.5. The summed E-state index contributed by atoms with van der Waals surface area (Å²) in [6, 6.07) is 39.7. The summed E-state index contributed by atoms with van der Waals surface area (Å²) in [5.74, 6) is 0. The van der Waals surface area contributed by atoms with Crippen molar-refractivity contribution in [2.45, 2.75) is 334 Å². The van der Waals surface area contributed by atoms with E-state index in [2.05, 4.69) is 222 Å². The molecule has 6 aromatic carbocycles. The molecule has 4 nitrogen and oxygen atoms in total. The molecule has 0 amide bonds. The molecule has 6 heteroatoms. The Labute approximate surface area is 631 Å². The van der Waals surface area contributed by atoms with Crippen molar-refractivity contribution >= 4 is 31.9 Å². The fourth-order valence-corrected chi connectivity index (χ4v) is 16.9. The van der Waals surface area contributed by atoms with Crippen LogP contribution in [-0.4, -0.2) is 9.39 Å². The molecule has 2 heterocycles. The molecular formula is C95H138N4Ni2. The van der Waals surface area contributed by atoms with Crippen molar-refractivity contribution in [1.29, 1.82) is 0 Å². The van der Waals surface area contributed by atoms with Gasteiger partial charge in [0.15, 0.2) is 0 Å². The zero-order valence-electron chi connectivity index (χ0n) is 67.1. The fourth-order valence-electron chi connectivity index (χ4n) is 14.5. The summed E-state index contributed by atoms with van der Waals surface area (Å²) in [6.07, 6.45) is 36.7. The van der Waals surface area contributed by atoms with Crippen LogP contribution in [0, 0.1) is 41.5 Å². The number of benzene rings is 6. The van der Waals surface area contributed by atoms with Crippen molar-refractivity contribution in [1.82, 2.24) is 0 Å². The SMILES string of the molecule is CCCCCC1=C(c2cc(CCC)c(CCC)c(CCC)c2)[N+](=[N-])C(c2cc(CCC)c(CCC)c(CCC)c2)=C1CCCC.CCCCCCCCC1=C(c2cc(C)c(C)c(C)c2)[N+](=[N-])C(c2cc(C)c(C)c(C)c2)=C1CC.CCC[CH2][Ni][CH2]CCC.c1cc[c]([Ni][c]2ccccc2)cc1. The van der Waals surface area contributed by atoms with E-state index in [1.54, 1.807) is 30.3 Å². The quantitative estimate of drug-likeness (QED) is 0.0210. The number of unbranched alkanes of at least 4 members (excludes halogenated alkanes) is 10. The van der Waals surface area contributed by atoms with Crippen molar-refractivity contribution in [3.8, 4) is 0 Å². The van der Waals surface area contributed by atoms with Crippen molar-refractivity contribution in [3.05, 3.63) is 232 Å². The molecule has 0 fully saturated rings. The Morgan fingerprint density at radius 1 is 0.287 bits per heavy atom. The molecule has 0 radical (unpaired) electrons. The molecule has 558 valence electrons. The molecule has 0 saturated heterocycles. The normalized spacial score (nSPS) is 13.0. The van der Waals surface area contributed by atoms with Crippen LogP contribution in [0.25, 0.3) is 33.9 Å². The van der Waals surface area contributed by atoms with Crippen LogP contribution in [0.3, 0.4) is 0 Å². The predicted octanol–water partition coefficient (Wildman–Crippen LogP) is 28.4. The Morgan fingerprint density at radius 3 is 0.911 bits per heavy atom. The molecule has 0 atom stereocenters. The van der Waals surface area contributed by atoms with E-state index in [0.717, 1.165) is 137 Å². The Morgan fingerprint density at radius 2 is 0.574 bits per heavy atom. The average Bonchev–Trinajstić information content (AvgIpc) is 1.61. The van der Waals surface area contributed by atoms with Crippen LogP contribution in [0.5, 0.6) is 0 Å². The summed E-state index contributed by atoms with van der Waals surface area (Å²) in [5, 5.41) is 2.78. The van der Waals surface area contributed by atoms with Gasteiger partial charge < -0.3 is 11.1 Å². The van der Waals surface area contributed by atoms with E-state index in [-0.39, 0.29) is 0 Å². The zero-order valence-corrected chi connectivity index (χ0v) is 69.1. The van der Waals surface area contributed by atoms with Gasteiger partial charge in [0.05, 0.1) is 0 Å². The van der Waals surface area contributed by atoms with Crippen LogP contribution in [0.1, 0.15) is 333 Å². The summed E-state index contributed by atoms with van der Waals surface area (Å²) in [4.78, 5) is 0. The second-order valence-corrected chi connectivity index (χ2v) is 31.5. The van der Waals surface area contributed by atoms with Gasteiger partial charge in [-0.15, -0.1) is 0 Å². The molecular weight excluding hydrogens is 1310 g/mol. The first kappa shape index (κ1) is 86.1. The van der Waals surface area contributed by atoms with Gasteiger partial charge in [-0.3, -0.25) is 0 Å². The summed E-state index contributed by atoms with van der Waals surface area (Å²) < 4.78 is 5.79. The van der Waals surface area contributed by atoms with Crippen LogP contribution in [0.15, 0.2) is 131 Å². The first-order valence-corrected chi connectivity index (χ1v) is 42.9. The van der Waals surface area contributed by atoms with Crippen LogP contribution in [0.2, 0.25) is 10.8 Å². The number of rotatable bonds is 39. The van der Waals surface area contributed by atoms with Gasteiger partial charge in [0, 0.05) is 44.5 Å². The average molecular weight is 1450 g/mol. The second-order valence-electron chi connectivity index (χ2n) is 28.7. The number of aryl methyl sites for hydroxylation is 8. The van der Waals surface area contributed by atoms with Gasteiger partial charge in [-0.05, 0) is 240 Å². The number of allylic oxidation sites excluding steroid dienone is 4. The van der Waals surface area contributed by atoms with Gasteiger partial charge in [0.1, 0.15) is 0 Å². The van der Waals surface area contributed by atoms with Gasteiger partial charge in [-0.2, -0.15) is 0 Å². The Balaban J connectivity index is 0.000000284. The van der Waals surface area contributed by atoms with Gasteiger partial charge in [0.25, 0.3) is 0 Å². The Kier molecular flexibility index (Phi) is 40.7. The first-order chi connectivity index (χ1) is 49.0. The van der Waals surface area contributed by atoms with Gasteiger partial charge in [-0.1, -0.05) is 159 Å². The summed E-state index contributed by atoms with van der Waals surface area (Å²) >= 11 is 3.54. The number of hydrogen-bond donors (Lipinski definition) is 0. The fraction of sp³-hybridized carbons (Fsp3) is 0.537. The van der Waals surface area contributed by atoms with Gasteiger partial charge in [0.2, 0.25) is 22.8 Å². The summed E-state index contributed by atoms with van der Waals surface area (Å²) in [7, 11) is 0.